The maximum Gasteiger partial charge on any atom is 0.212 e. The first-order chi connectivity index (χ1) is 10.8. The predicted octanol–water partition coefficient (Wildman–Crippen LogP) is -0.213. The highest BCUT2D eigenvalue weighted by molar-refractivity contribution is 14.1. The van der Waals surface area contributed by atoms with Crippen LogP contribution in [0.2, 0.25) is 0 Å². The van der Waals surface area contributed by atoms with Gasteiger partial charge in [-0.3, -0.25) is 0 Å². The van der Waals surface area contributed by atoms with Crippen LogP contribution in [0.25, 0.3) is 0 Å². The lowest BCUT2D eigenvalue weighted by Gasteiger charge is -2.43. The van der Waals surface area contributed by atoms with E-state index in [1.54, 1.807) is 0 Å². The van der Waals surface area contributed by atoms with E-state index in [9.17, 15) is 20.4 Å². The lowest BCUT2D eigenvalue weighted by atomic mass is 10.0. The third kappa shape index (κ3) is 3.87. The molecule has 2 rings (SSSR count). The highest BCUT2D eigenvalue weighted by Crippen LogP contribution is 2.40. The van der Waals surface area contributed by atoms with E-state index in [0.29, 0.717) is 0 Å². The van der Waals surface area contributed by atoms with Crippen molar-refractivity contribution in [3.05, 3.63) is 0 Å². The van der Waals surface area contributed by atoms with Gasteiger partial charge >= 0.3 is 0 Å². The Morgan fingerprint density at radius 2 is 1.78 bits per heavy atom. The van der Waals surface area contributed by atoms with E-state index in [0.717, 1.165) is 0 Å². The number of ether oxygens (including phenoxy) is 3. The molecular formula is C12H18Cl3IO7. The van der Waals surface area contributed by atoms with Gasteiger partial charge in [-0.25, -0.2) is 0 Å². The molecule has 2 aliphatic heterocycles. The van der Waals surface area contributed by atoms with Crippen molar-refractivity contribution >= 4 is 57.4 Å². The van der Waals surface area contributed by atoms with Gasteiger partial charge in [0, 0.05) is 5.88 Å². The van der Waals surface area contributed by atoms with E-state index in [4.69, 9.17) is 49.0 Å². The zero-order valence-corrected chi connectivity index (χ0v) is 16.2. The third-order valence-corrected chi connectivity index (χ3v) is 6.61. The SMILES string of the molecule is OC[C@H]1O[C@H](O[C@]2(CCl)O[C@H](CCl)[C@H](I)[C@H]2O)[C@H](O)[C@@H](O)[C@H]1Cl. The first-order valence-electron chi connectivity index (χ1n) is 6.87. The minimum absolute atomic E-state index is 0.117. The minimum Gasteiger partial charge on any atom is -0.394 e. The van der Waals surface area contributed by atoms with Gasteiger partial charge in [0.15, 0.2) is 6.29 Å². The molecule has 2 heterocycles. The summed E-state index contributed by atoms with van der Waals surface area (Å²) in [7, 11) is 0. The lowest BCUT2D eigenvalue weighted by Crippen LogP contribution is -2.61. The Kier molecular flexibility index (Phi) is 7.48. The number of aliphatic hydroxyl groups is 4. The third-order valence-electron chi connectivity index (χ3n) is 3.91. The van der Waals surface area contributed by atoms with E-state index >= 15 is 0 Å². The largest absolute Gasteiger partial charge is 0.394 e. The molecule has 0 aromatic carbocycles. The Bertz CT molecular complexity index is 407. The number of halogens is 4. The van der Waals surface area contributed by atoms with Crippen molar-refractivity contribution in [1.29, 1.82) is 0 Å². The van der Waals surface area contributed by atoms with Crippen LogP contribution >= 0.6 is 57.4 Å². The Morgan fingerprint density at radius 1 is 1.13 bits per heavy atom. The number of rotatable bonds is 5. The number of hydrogen-bond acceptors (Lipinski definition) is 7. The number of aliphatic hydroxyl groups excluding tert-OH is 4. The van der Waals surface area contributed by atoms with E-state index < -0.39 is 54.6 Å². The Morgan fingerprint density at radius 3 is 2.26 bits per heavy atom. The molecule has 2 fully saturated rings. The molecule has 7 nitrogen and oxygen atoms in total. The lowest BCUT2D eigenvalue weighted by molar-refractivity contribution is -0.357. The summed E-state index contributed by atoms with van der Waals surface area (Å²) in [6.45, 7) is -0.478. The predicted molar refractivity (Wildman–Crippen MR) is 91.3 cm³/mol. The Labute approximate surface area is 161 Å². The van der Waals surface area contributed by atoms with Crippen LogP contribution in [-0.2, 0) is 14.2 Å². The van der Waals surface area contributed by atoms with Crippen molar-refractivity contribution in [3.63, 3.8) is 0 Å². The molecule has 0 aliphatic carbocycles. The minimum atomic E-state index is -1.66. The van der Waals surface area contributed by atoms with E-state index in [1.165, 1.54) is 0 Å². The van der Waals surface area contributed by atoms with Crippen LogP contribution in [0.5, 0.6) is 0 Å². The van der Waals surface area contributed by atoms with Crippen LogP contribution in [-0.4, -0.2) is 90.7 Å². The second-order valence-electron chi connectivity index (χ2n) is 5.41. The highest BCUT2D eigenvalue weighted by atomic mass is 127. The average Bonchev–Trinajstić information content (AvgIpc) is 2.80. The summed E-state index contributed by atoms with van der Waals surface area (Å²) >= 11 is 19.6. The zero-order valence-electron chi connectivity index (χ0n) is 11.8. The first kappa shape index (κ1) is 20.6. The molecular weight excluding hydrogens is 489 g/mol. The molecule has 136 valence electrons. The summed E-state index contributed by atoms with van der Waals surface area (Å²) in [5, 5.41) is 38.7. The van der Waals surface area contributed by atoms with Gasteiger partial charge in [-0.05, 0) is 0 Å². The van der Waals surface area contributed by atoms with Crippen molar-refractivity contribution in [2.24, 2.45) is 0 Å². The molecule has 4 N–H and O–H groups in total. The molecule has 2 aliphatic rings. The smallest absolute Gasteiger partial charge is 0.212 e. The van der Waals surface area contributed by atoms with E-state index in [-0.39, 0.29) is 15.7 Å². The zero-order chi connectivity index (χ0) is 17.4. The van der Waals surface area contributed by atoms with Gasteiger partial charge in [0.05, 0.1) is 27.9 Å². The standard InChI is InChI=1S/C12H18Cl3IO7/c13-1-4-7(16)10(20)12(3-14,22-4)23-11-9(19)8(18)6(15)5(2-17)21-11/h4-11,17-20H,1-3H2/t4-,5-,6+,7+,8+,9-,10-,11-,12+/m1/s1. The molecule has 2 saturated heterocycles. The molecule has 0 saturated carbocycles. The van der Waals surface area contributed by atoms with Crippen LogP contribution in [0.3, 0.4) is 0 Å². The van der Waals surface area contributed by atoms with E-state index in [2.05, 4.69) is 0 Å². The maximum absolute atomic E-state index is 10.4. The van der Waals surface area contributed by atoms with Gasteiger partial charge in [-0.1, -0.05) is 22.6 Å². The molecule has 0 radical (unpaired) electrons. The molecule has 0 unspecified atom stereocenters. The number of hydrogen-bond donors (Lipinski definition) is 4. The summed E-state index contributed by atoms with van der Waals surface area (Å²) in [5.74, 6) is -1.79. The Hall–Kier alpha value is 1.32. The van der Waals surface area contributed by atoms with Gasteiger partial charge in [-0.15, -0.1) is 34.8 Å². The fraction of sp³-hybridized carbons (Fsp3) is 1.00. The van der Waals surface area contributed by atoms with E-state index in [1.807, 2.05) is 22.6 Å². The molecule has 9 atom stereocenters. The fourth-order valence-corrected chi connectivity index (χ4v) is 4.60. The van der Waals surface area contributed by atoms with Crippen molar-refractivity contribution in [1.82, 2.24) is 0 Å². The van der Waals surface area contributed by atoms with Crippen molar-refractivity contribution in [3.8, 4) is 0 Å². The van der Waals surface area contributed by atoms with Crippen LogP contribution in [0.1, 0.15) is 0 Å². The molecule has 0 spiro atoms. The van der Waals surface area contributed by atoms with Gasteiger partial charge in [0.25, 0.3) is 0 Å². The Balaban J connectivity index is 2.18. The van der Waals surface area contributed by atoms with Gasteiger partial charge in [0.1, 0.15) is 24.4 Å². The summed E-state index contributed by atoms with van der Waals surface area (Å²) in [5.41, 5.74) is 0. The summed E-state index contributed by atoms with van der Waals surface area (Å²) in [4.78, 5) is 0. The molecule has 0 bridgehead atoms. The quantitative estimate of drug-likeness (QED) is 0.301. The first-order valence-corrected chi connectivity index (χ1v) is 9.62. The van der Waals surface area contributed by atoms with Crippen molar-refractivity contribution < 1.29 is 34.6 Å². The topological polar surface area (TPSA) is 109 Å². The highest BCUT2D eigenvalue weighted by Gasteiger charge is 2.57. The van der Waals surface area contributed by atoms with Crippen LogP contribution in [0.4, 0.5) is 0 Å². The average molecular weight is 508 g/mol. The molecule has 23 heavy (non-hydrogen) atoms. The van der Waals surface area contributed by atoms with Crippen LogP contribution in [0, 0.1) is 0 Å². The van der Waals surface area contributed by atoms with Gasteiger partial charge in [-0.2, -0.15) is 0 Å². The normalized spacial score (nSPS) is 51.1. The molecule has 0 aromatic rings. The van der Waals surface area contributed by atoms with Crippen LogP contribution < -0.4 is 0 Å². The second kappa shape index (κ2) is 8.34. The number of alkyl halides is 4. The summed E-state index contributed by atoms with van der Waals surface area (Å²) in [6, 6.07) is 0. The second-order valence-corrected chi connectivity index (χ2v) is 7.93. The van der Waals surface area contributed by atoms with Crippen molar-refractivity contribution in [2.75, 3.05) is 18.4 Å². The molecule has 0 aromatic heterocycles. The van der Waals surface area contributed by atoms with Gasteiger partial charge in [0.2, 0.25) is 5.79 Å². The summed E-state index contributed by atoms with van der Waals surface area (Å²) in [6.07, 6.45) is -6.87. The fourth-order valence-electron chi connectivity index (χ4n) is 2.53. The molecule has 11 heteroatoms. The summed E-state index contributed by atoms with van der Waals surface area (Å²) < 4.78 is 16.2. The van der Waals surface area contributed by atoms with Gasteiger partial charge < -0.3 is 34.6 Å². The van der Waals surface area contributed by atoms with Crippen molar-refractivity contribution in [2.45, 2.75) is 51.9 Å². The monoisotopic (exact) mass is 506 g/mol. The maximum atomic E-state index is 10.4. The molecule has 0 amide bonds. The van der Waals surface area contributed by atoms with Crippen LogP contribution in [0.15, 0.2) is 0 Å².